The van der Waals surface area contributed by atoms with Gasteiger partial charge in [-0.3, -0.25) is 0 Å². The lowest BCUT2D eigenvalue weighted by molar-refractivity contribution is 0.765. The van der Waals surface area contributed by atoms with Crippen molar-refractivity contribution in [2.24, 2.45) is 0 Å². The predicted octanol–water partition coefficient (Wildman–Crippen LogP) is 9.88. The van der Waals surface area contributed by atoms with E-state index >= 15 is 0 Å². The zero-order valence-electron chi connectivity index (χ0n) is 21.9. The largest absolute Gasteiger partial charge is 0.374 e. The van der Waals surface area contributed by atoms with Crippen molar-refractivity contribution in [3.63, 3.8) is 0 Å². The number of fused-ring (bicyclic) bond motifs is 2. The summed E-state index contributed by atoms with van der Waals surface area (Å²) >= 11 is 0. The summed E-state index contributed by atoms with van der Waals surface area (Å²) in [6, 6.07) is 46.2. The van der Waals surface area contributed by atoms with Gasteiger partial charge in [-0.25, -0.2) is 0 Å². The van der Waals surface area contributed by atoms with E-state index in [0.29, 0.717) is 0 Å². The van der Waals surface area contributed by atoms with E-state index < -0.39 is 0 Å². The molecule has 0 amide bonds. The van der Waals surface area contributed by atoms with Gasteiger partial charge in [0.15, 0.2) is 0 Å². The van der Waals surface area contributed by atoms with Crippen molar-refractivity contribution in [3.05, 3.63) is 162 Å². The van der Waals surface area contributed by atoms with Crippen molar-refractivity contribution in [2.75, 3.05) is 0 Å². The summed E-state index contributed by atoms with van der Waals surface area (Å²) in [5, 5.41) is 8.91. The first-order chi connectivity index (χ1) is 19.3. The molecule has 1 heterocycles. The molecule has 1 N–H and O–H groups in total. The Morgan fingerprint density at radius 1 is 0.513 bits per heavy atom. The summed E-state index contributed by atoms with van der Waals surface area (Å²) in [6.45, 7) is 2.18. The first-order valence-corrected chi connectivity index (χ1v) is 13.6. The second kappa shape index (κ2) is 9.78. The summed E-state index contributed by atoms with van der Waals surface area (Å²) < 4.78 is 0. The molecule has 0 aromatic heterocycles. The highest BCUT2D eigenvalue weighted by Crippen LogP contribution is 2.44. The molecule has 1 heteroatoms. The number of allylic oxidation sites excluding steroid dienone is 2. The number of rotatable bonds is 4. The van der Waals surface area contributed by atoms with Crippen molar-refractivity contribution >= 4 is 27.2 Å². The standard InChI is InChI=1S/C38H29N/c1-26-20-22-31-33(24-26)37(28-14-7-3-8-15-28)32-23-21-30(25-34(32)38(31)29-16-9-4-10-17-29)36-19-11-18-35(39-36)27-12-5-2-6-13-27/h2-25,36,39H,1H3. The molecule has 0 fully saturated rings. The van der Waals surface area contributed by atoms with Crippen LogP contribution in [-0.4, -0.2) is 0 Å². The quantitative estimate of drug-likeness (QED) is 0.238. The fraction of sp³-hybridized carbons (Fsp3) is 0.0526. The zero-order chi connectivity index (χ0) is 26.2. The molecular formula is C38H29N. The van der Waals surface area contributed by atoms with Gasteiger partial charge in [-0.1, -0.05) is 139 Å². The van der Waals surface area contributed by atoms with E-state index in [9.17, 15) is 0 Å². The number of benzene rings is 6. The average Bonchev–Trinajstić information content (AvgIpc) is 3.01. The molecule has 186 valence electrons. The molecule has 1 aliphatic heterocycles. The Bertz CT molecular complexity index is 1860. The minimum Gasteiger partial charge on any atom is -0.374 e. The minimum atomic E-state index is 0.0899. The fourth-order valence-electron chi connectivity index (χ4n) is 5.90. The molecule has 0 aliphatic carbocycles. The fourth-order valence-corrected chi connectivity index (χ4v) is 5.90. The van der Waals surface area contributed by atoms with Gasteiger partial charge in [0.1, 0.15) is 0 Å². The van der Waals surface area contributed by atoms with Crippen LogP contribution in [0.15, 0.2) is 146 Å². The van der Waals surface area contributed by atoms with E-state index in [1.807, 2.05) is 0 Å². The maximum Gasteiger partial charge on any atom is 0.0701 e. The van der Waals surface area contributed by atoms with Crippen LogP contribution in [0.25, 0.3) is 49.5 Å². The summed E-state index contributed by atoms with van der Waals surface area (Å²) in [4.78, 5) is 0. The Morgan fingerprint density at radius 3 is 1.67 bits per heavy atom. The average molecular weight is 500 g/mol. The van der Waals surface area contributed by atoms with Gasteiger partial charge >= 0.3 is 0 Å². The van der Waals surface area contributed by atoms with E-state index in [1.165, 1.54) is 60.5 Å². The SMILES string of the molecule is Cc1ccc2c(-c3ccccc3)c3cc(C4C=CC=C(c5ccccc5)N4)ccc3c(-c3ccccc3)c2c1. The third-order valence-corrected chi connectivity index (χ3v) is 7.74. The highest BCUT2D eigenvalue weighted by molar-refractivity contribution is 6.21. The molecule has 1 unspecified atom stereocenters. The predicted molar refractivity (Wildman–Crippen MR) is 166 cm³/mol. The number of nitrogens with one attached hydrogen (secondary N) is 1. The molecular weight excluding hydrogens is 470 g/mol. The molecule has 0 spiro atoms. The molecule has 39 heavy (non-hydrogen) atoms. The maximum absolute atomic E-state index is 3.78. The first kappa shape index (κ1) is 23.3. The second-order valence-electron chi connectivity index (χ2n) is 10.3. The van der Waals surface area contributed by atoms with Crippen molar-refractivity contribution in [3.8, 4) is 22.3 Å². The van der Waals surface area contributed by atoms with Crippen LogP contribution in [0.1, 0.15) is 22.7 Å². The van der Waals surface area contributed by atoms with Crippen LogP contribution in [0.5, 0.6) is 0 Å². The minimum absolute atomic E-state index is 0.0899. The summed E-state index contributed by atoms with van der Waals surface area (Å²) in [5.41, 5.74) is 9.94. The van der Waals surface area contributed by atoms with Crippen molar-refractivity contribution in [2.45, 2.75) is 13.0 Å². The highest BCUT2D eigenvalue weighted by atomic mass is 14.9. The molecule has 0 bridgehead atoms. The van der Waals surface area contributed by atoms with E-state index in [-0.39, 0.29) is 6.04 Å². The van der Waals surface area contributed by atoms with Crippen molar-refractivity contribution in [1.82, 2.24) is 5.32 Å². The molecule has 6 aromatic carbocycles. The number of dihydropyridines is 1. The van der Waals surface area contributed by atoms with E-state index in [4.69, 9.17) is 0 Å². The molecule has 0 radical (unpaired) electrons. The Morgan fingerprint density at radius 2 is 1.05 bits per heavy atom. The topological polar surface area (TPSA) is 12.0 Å². The van der Waals surface area contributed by atoms with Crippen LogP contribution in [0.2, 0.25) is 0 Å². The number of hydrogen-bond donors (Lipinski definition) is 1. The summed E-state index contributed by atoms with van der Waals surface area (Å²) in [5.74, 6) is 0. The Balaban J connectivity index is 1.49. The lowest BCUT2D eigenvalue weighted by atomic mass is 9.84. The van der Waals surface area contributed by atoms with Gasteiger partial charge in [0.25, 0.3) is 0 Å². The molecule has 7 rings (SSSR count). The smallest absolute Gasteiger partial charge is 0.0701 e. The van der Waals surface area contributed by atoms with Gasteiger partial charge < -0.3 is 5.32 Å². The van der Waals surface area contributed by atoms with Crippen LogP contribution >= 0.6 is 0 Å². The number of aryl methyl sites for hydroxylation is 1. The van der Waals surface area contributed by atoms with Gasteiger partial charge in [-0.05, 0) is 74.0 Å². The van der Waals surface area contributed by atoms with Crippen LogP contribution in [0, 0.1) is 6.92 Å². The van der Waals surface area contributed by atoms with E-state index in [2.05, 4.69) is 158 Å². The zero-order valence-corrected chi connectivity index (χ0v) is 21.9. The molecule has 1 nitrogen and oxygen atoms in total. The van der Waals surface area contributed by atoms with E-state index in [1.54, 1.807) is 0 Å². The molecule has 0 saturated carbocycles. The van der Waals surface area contributed by atoms with Gasteiger partial charge in [0.05, 0.1) is 6.04 Å². The third kappa shape index (κ3) is 4.23. The molecule has 6 aromatic rings. The van der Waals surface area contributed by atoms with Gasteiger partial charge in [-0.2, -0.15) is 0 Å². The van der Waals surface area contributed by atoms with Crippen LogP contribution in [0.3, 0.4) is 0 Å². The van der Waals surface area contributed by atoms with Crippen molar-refractivity contribution < 1.29 is 0 Å². The molecule has 0 saturated heterocycles. The Hall–Kier alpha value is -4.88. The monoisotopic (exact) mass is 499 g/mol. The maximum atomic E-state index is 3.78. The van der Waals surface area contributed by atoms with Crippen LogP contribution in [0.4, 0.5) is 0 Å². The summed E-state index contributed by atoms with van der Waals surface area (Å²) in [6.07, 6.45) is 6.58. The molecule has 1 aliphatic rings. The highest BCUT2D eigenvalue weighted by Gasteiger charge is 2.20. The molecule has 1 atom stereocenters. The van der Waals surface area contributed by atoms with Crippen LogP contribution in [-0.2, 0) is 0 Å². The van der Waals surface area contributed by atoms with Gasteiger partial charge in [0.2, 0.25) is 0 Å². The van der Waals surface area contributed by atoms with Crippen LogP contribution < -0.4 is 5.32 Å². The lowest BCUT2D eigenvalue weighted by Crippen LogP contribution is -2.20. The van der Waals surface area contributed by atoms with E-state index in [0.717, 1.165) is 5.70 Å². The Kier molecular flexibility index (Phi) is 5.83. The van der Waals surface area contributed by atoms with Gasteiger partial charge in [-0.15, -0.1) is 0 Å². The third-order valence-electron chi connectivity index (χ3n) is 7.74. The number of hydrogen-bond acceptors (Lipinski definition) is 1. The summed E-state index contributed by atoms with van der Waals surface area (Å²) in [7, 11) is 0. The first-order valence-electron chi connectivity index (χ1n) is 13.6. The second-order valence-corrected chi connectivity index (χ2v) is 10.3. The normalized spacial score (nSPS) is 14.8. The lowest BCUT2D eigenvalue weighted by Gasteiger charge is -2.24. The van der Waals surface area contributed by atoms with Gasteiger partial charge in [0, 0.05) is 5.70 Å². The van der Waals surface area contributed by atoms with Crippen molar-refractivity contribution in [1.29, 1.82) is 0 Å². The Labute approximate surface area is 229 Å².